The van der Waals surface area contributed by atoms with Crippen molar-refractivity contribution in [2.45, 2.75) is 0 Å². The average molecular weight is 287 g/mol. The number of hydrogen-bond acceptors (Lipinski definition) is 4. The van der Waals surface area contributed by atoms with E-state index < -0.39 is 11.9 Å². The molecule has 0 spiro atoms. The van der Waals surface area contributed by atoms with Crippen molar-refractivity contribution in [3.63, 3.8) is 0 Å². The zero-order valence-electron chi connectivity index (χ0n) is 10.1. The summed E-state index contributed by atoms with van der Waals surface area (Å²) >= 11 is 1.16. The summed E-state index contributed by atoms with van der Waals surface area (Å²) < 4.78 is 1.72. The summed E-state index contributed by atoms with van der Waals surface area (Å²) in [5.41, 5.74) is 0.968. The van der Waals surface area contributed by atoms with Crippen LogP contribution in [0.1, 0.15) is 20.8 Å². The molecular formula is C13H9N3O3S. The summed E-state index contributed by atoms with van der Waals surface area (Å²) in [5, 5.41) is 13.5. The highest BCUT2D eigenvalue weighted by molar-refractivity contribution is 7.14. The number of aromatic carboxylic acids is 1. The van der Waals surface area contributed by atoms with Crippen molar-refractivity contribution in [2.75, 3.05) is 5.32 Å². The Bertz CT molecular complexity index is 773. The van der Waals surface area contributed by atoms with Crippen molar-refractivity contribution in [1.29, 1.82) is 0 Å². The van der Waals surface area contributed by atoms with Gasteiger partial charge in [0, 0.05) is 12.4 Å². The number of aromatic nitrogens is 2. The summed E-state index contributed by atoms with van der Waals surface area (Å²) in [6.45, 7) is 0. The van der Waals surface area contributed by atoms with Crippen molar-refractivity contribution in [3.05, 3.63) is 53.3 Å². The Kier molecular flexibility index (Phi) is 2.96. The highest BCUT2D eigenvalue weighted by atomic mass is 32.1. The molecule has 0 aliphatic carbocycles. The number of hydrogen-bond donors (Lipinski definition) is 2. The van der Waals surface area contributed by atoms with Crippen molar-refractivity contribution >= 4 is 33.9 Å². The van der Waals surface area contributed by atoms with E-state index in [9.17, 15) is 9.59 Å². The Balaban J connectivity index is 1.89. The van der Waals surface area contributed by atoms with Gasteiger partial charge in [0.1, 0.15) is 16.3 Å². The van der Waals surface area contributed by atoms with E-state index in [0.717, 1.165) is 11.3 Å². The minimum Gasteiger partial charge on any atom is -0.478 e. The van der Waals surface area contributed by atoms with Gasteiger partial charge in [-0.3, -0.25) is 4.79 Å². The van der Waals surface area contributed by atoms with Crippen molar-refractivity contribution in [2.24, 2.45) is 0 Å². The van der Waals surface area contributed by atoms with Gasteiger partial charge in [0.15, 0.2) is 0 Å². The first-order valence-corrected chi connectivity index (χ1v) is 6.59. The Morgan fingerprint density at radius 2 is 2.15 bits per heavy atom. The lowest BCUT2D eigenvalue weighted by Gasteiger charge is -2.01. The van der Waals surface area contributed by atoms with Crippen molar-refractivity contribution in [3.8, 4) is 0 Å². The van der Waals surface area contributed by atoms with E-state index in [1.807, 2.05) is 12.1 Å². The van der Waals surface area contributed by atoms with Gasteiger partial charge in [-0.15, -0.1) is 11.3 Å². The smallest absolute Gasteiger partial charge is 0.338 e. The van der Waals surface area contributed by atoms with E-state index in [1.54, 1.807) is 28.2 Å². The van der Waals surface area contributed by atoms with Gasteiger partial charge in [-0.25, -0.2) is 9.78 Å². The fourth-order valence-corrected chi connectivity index (χ4v) is 2.56. The first-order chi connectivity index (χ1) is 9.65. The second-order valence-electron chi connectivity index (χ2n) is 4.01. The molecule has 20 heavy (non-hydrogen) atoms. The topological polar surface area (TPSA) is 83.7 Å². The summed E-state index contributed by atoms with van der Waals surface area (Å²) in [7, 11) is 0. The van der Waals surface area contributed by atoms with E-state index >= 15 is 0 Å². The van der Waals surface area contributed by atoms with E-state index in [-0.39, 0.29) is 11.3 Å². The largest absolute Gasteiger partial charge is 0.478 e. The van der Waals surface area contributed by atoms with Gasteiger partial charge in [-0.2, -0.15) is 0 Å². The Morgan fingerprint density at radius 1 is 1.30 bits per heavy atom. The number of rotatable bonds is 3. The van der Waals surface area contributed by atoms with E-state index in [0.29, 0.717) is 10.6 Å². The van der Waals surface area contributed by atoms with Crippen LogP contribution in [0, 0.1) is 0 Å². The lowest BCUT2D eigenvalue weighted by atomic mass is 10.3. The molecule has 3 rings (SSSR count). The summed E-state index contributed by atoms with van der Waals surface area (Å²) in [4.78, 5) is 27.2. The predicted molar refractivity (Wildman–Crippen MR) is 74.4 cm³/mol. The number of fused-ring (bicyclic) bond motifs is 1. The standard InChI is InChI=1S/C13H9N3O3S/c17-11(15-12-8(13(18)19)4-6-20-12)9-7-16-5-2-1-3-10(16)14-9/h1-7H,(H,15,17)(H,18,19). The van der Waals surface area contributed by atoms with Crippen LogP contribution in [0.4, 0.5) is 5.00 Å². The highest BCUT2D eigenvalue weighted by Gasteiger charge is 2.16. The van der Waals surface area contributed by atoms with Gasteiger partial charge in [-0.05, 0) is 23.6 Å². The number of carbonyl (C=O) groups excluding carboxylic acids is 1. The van der Waals surface area contributed by atoms with Crippen molar-refractivity contribution in [1.82, 2.24) is 9.38 Å². The van der Waals surface area contributed by atoms with E-state index in [1.165, 1.54) is 6.07 Å². The van der Waals surface area contributed by atoms with Crippen LogP contribution in [0.2, 0.25) is 0 Å². The zero-order valence-corrected chi connectivity index (χ0v) is 10.9. The normalized spacial score (nSPS) is 10.6. The van der Waals surface area contributed by atoms with Crippen LogP contribution in [-0.4, -0.2) is 26.4 Å². The maximum atomic E-state index is 12.1. The van der Waals surface area contributed by atoms with Crippen molar-refractivity contribution < 1.29 is 14.7 Å². The molecule has 0 aromatic carbocycles. The van der Waals surface area contributed by atoms with Crippen LogP contribution in [0.3, 0.4) is 0 Å². The lowest BCUT2D eigenvalue weighted by Crippen LogP contribution is -2.13. The Hall–Kier alpha value is -2.67. The fraction of sp³-hybridized carbons (Fsp3) is 0. The molecule has 2 N–H and O–H groups in total. The molecule has 0 bridgehead atoms. The van der Waals surface area contributed by atoms with Gasteiger partial charge in [0.25, 0.3) is 5.91 Å². The van der Waals surface area contributed by atoms with E-state index in [4.69, 9.17) is 5.11 Å². The van der Waals surface area contributed by atoms with Crippen LogP contribution in [-0.2, 0) is 0 Å². The van der Waals surface area contributed by atoms with Gasteiger partial charge < -0.3 is 14.8 Å². The number of imidazole rings is 1. The molecule has 3 heterocycles. The number of carboxylic acids is 1. The monoisotopic (exact) mass is 287 g/mol. The van der Waals surface area contributed by atoms with Crippen LogP contribution >= 0.6 is 11.3 Å². The minimum atomic E-state index is -1.07. The number of nitrogens with zero attached hydrogens (tertiary/aromatic N) is 2. The number of anilines is 1. The van der Waals surface area contributed by atoms with Gasteiger partial charge in [-0.1, -0.05) is 6.07 Å². The molecule has 0 radical (unpaired) electrons. The fourth-order valence-electron chi connectivity index (χ4n) is 1.79. The van der Waals surface area contributed by atoms with Gasteiger partial charge in [0.2, 0.25) is 0 Å². The maximum absolute atomic E-state index is 12.1. The molecule has 6 nitrogen and oxygen atoms in total. The molecule has 0 aliphatic heterocycles. The third-order valence-electron chi connectivity index (χ3n) is 2.72. The molecule has 7 heteroatoms. The van der Waals surface area contributed by atoms with Gasteiger partial charge >= 0.3 is 5.97 Å². The third-order valence-corrected chi connectivity index (χ3v) is 3.55. The number of carboxylic acid groups (broad SMARTS) is 1. The van der Waals surface area contributed by atoms with Crippen LogP contribution in [0.25, 0.3) is 5.65 Å². The Morgan fingerprint density at radius 3 is 2.90 bits per heavy atom. The predicted octanol–water partition coefficient (Wildman–Crippen LogP) is 2.35. The number of amides is 1. The highest BCUT2D eigenvalue weighted by Crippen LogP contribution is 2.23. The summed E-state index contributed by atoms with van der Waals surface area (Å²) in [6, 6.07) is 6.89. The first kappa shape index (κ1) is 12.4. The summed E-state index contributed by atoms with van der Waals surface area (Å²) in [5.74, 6) is -1.50. The SMILES string of the molecule is O=C(Nc1sccc1C(=O)O)c1cn2ccccc2n1. The molecule has 1 amide bonds. The second-order valence-corrected chi connectivity index (χ2v) is 4.93. The molecule has 3 aromatic heterocycles. The molecular weight excluding hydrogens is 278 g/mol. The molecule has 0 fully saturated rings. The summed E-state index contributed by atoms with van der Waals surface area (Å²) in [6.07, 6.45) is 3.38. The maximum Gasteiger partial charge on any atom is 0.338 e. The zero-order chi connectivity index (χ0) is 14.1. The molecule has 100 valence electrons. The average Bonchev–Trinajstić information content (AvgIpc) is 3.03. The molecule has 3 aromatic rings. The first-order valence-electron chi connectivity index (χ1n) is 5.71. The third kappa shape index (κ3) is 2.14. The molecule has 0 saturated carbocycles. The number of nitrogens with one attached hydrogen (secondary N) is 1. The molecule has 0 aliphatic rings. The lowest BCUT2D eigenvalue weighted by molar-refractivity contribution is 0.0698. The number of carbonyl (C=O) groups is 2. The van der Waals surface area contributed by atoms with Crippen LogP contribution in [0.5, 0.6) is 0 Å². The number of pyridine rings is 1. The van der Waals surface area contributed by atoms with Crippen LogP contribution in [0.15, 0.2) is 42.0 Å². The van der Waals surface area contributed by atoms with Gasteiger partial charge in [0.05, 0.1) is 5.56 Å². The Labute approximate surface area is 117 Å². The minimum absolute atomic E-state index is 0.0760. The molecule has 0 unspecified atom stereocenters. The number of thiophene rings is 1. The molecule has 0 saturated heterocycles. The van der Waals surface area contributed by atoms with E-state index in [2.05, 4.69) is 10.3 Å². The molecule has 0 atom stereocenters. The van der Waals surface area contributed by atoms with Crippen LogP contribution < -0.4 is 5.32 Å². The quantitative estimate of drug-likeness (QED) is 0.774. The second kappa shape index (κ2) is 4.78.